The van der Waals surface area contributed by atoms with Gasteiger partial charge in [-0.05, 0) is 49.4 Å². The molecule has 0 N–H and O–H groups in total. The molecular formula is C16H25BrO3. The smallest absolute Gasteiger partial charge is 0.434 e. The fourth-order valence-corrected chi connectivity index (χ4v) is 5.88. The van der Waals surface area contributed by atoms with Gasteiger partial charge in [0.2, 0.25) is 0 Å². The summed E-state index contributed by atoms with van der Waals surface area (Å²) < 4.78 is 10.9. The Morgan fingerprint density at radius 1 is 1.10 bits per heavy atom. The molecule has 2 aliphatic carbocycles. The van der Waals surface area contributed by atoms with Crippen LogP contribution >= 0.6 is 15.9 Å². The Balaban J connectivity index is 1.97. The summed E-state index contributed by atoms with van der Waals surface area (Å²) >= 11 is 3.89. The van der Waals surface area contributed by atoms with Crippen molar-refractivity contribution in [3.63, 3.8) is 0 Å². The third-order valence-electron chi connectivity index (χ3n) is 6.58. The van der Waals surface area contributed by atoms with Crippen molar-refractivity contribution < 1.29 is 14.3 Å². The molecule has 1 heterocycles. The zero-order chi connectivity index (χ0) is 14.8. The van der Waals surface area contributed by atoms with Crippen molar-refractivity contribution in [1.82, 2.24) is 0 Å². The number of halogens is 1. The average molecular weight is 345 g/mol. The molecule has 0 aromatic heterocycles. The van der Waals surface area contributed by atoms with Gasteiger partial charge in [0, 0.05) is 10.7 Å². The molecule has 1 aliphatic heterocycles. The summed E-state index contributed by atoms with van der Waals surface area (Å²) in [7, 11) is 0. The third-order valence-corrected chi connectivity index (χ3v) is 8.22. The van der Waals surface area contributed by atoms with E-state index in [1.54, 1.807) is 0 Å². The number of alkyl halides is 1. The van der Waals surface area contributed by atoms with Crippen LogP contribution in [0.5, 0.6) is 0 Å². The van der Waals surface area contributed by atoms with Gasteiger partial charge in [0.15, 0.2) is 0 Å². The Kier molecular flexibility index (Phi) is 3.21. The second kappa shape index (κ2) is 4.37. The van der Waals surface area contributed by atoms with Crippen LogP contribution in [-0.2, 0) is 9.47 Å². The molecule has 114 valence electrons. The quantitative estimate of drug-likeness (QED) is 0.478. The van der Waals surface area contributed by atoms with E-state index in [1.807, 2.05) is 0 Å². The summed E-state index contributed by atoms with van der Waals surface area (Å²) in [5.74, 6) is 0.956. The summed E-state index contributed by atoms with van der Waals surface area (Å²) in [6.45, 7) is 9.78. The van der Waals surface area contributed by atoms with E-state index in [0.29, 0.717) is 23.3 Å². The molecule has 0 bridgehead atoms. The number of rotatable bonds is 0. The largest absolute Gasteiger partial charge is 0.508 e. The van der Waals surface area contributed by atoms with Gasteiger partial charge < -0.3 is 9.47 Å². The minimum Gasteiger partial charge on any atom is -0.434 e. The molecule has 0 aromatic rings. The van der Waals surface area contributed by atoms with Gasteiger partial charge in [-0.2, -0.15) is 0 Å². The number of fused-ring (bicyclic) bond motifs is 3. The van der Waals surface area contributed by atoms with E-state index in [-0.39, 0.29) is 16.4 Å². The van der Waals surface area contributed by atoms with Crippen LogP contribution in [0.25, 0.3) is 0 Å². The molecule has 3 nitrogen and oxygen atoms in total. The summed E-state index contributed by atoms with van der Waals surface area (Å²) in [6.07, 6.45) is 3.96. The van der Waals surface area contributed by atoms with E-state index in [2.05, 4.69) is 43.6 Å². The molecule has 0 aromatic carbocycles. The summed E-state index contributed by atoms with van der Waals surface area (Å²) in [5, 5.41) is 0. The van der Waals surface area contributed by atoms with Crippen molar-refractivity contribution in [3.05, 3.63) is 0 Å². The van der Waals surface area contributed by atoms with E-state index < -0.39 is 6.16 Å². The molecule has 2 saturated carbocycles. The van der Waals surface area contributed by atoms with Crippen molar-refractivity contribution in [2.75, 3.05) is 6.61 Å². The van der Waals surface area contributed by atoms with E-state index >= 15 is 0 Å². The topological polar surface area (TPSA) is 35.5 Å². The minimum atomic E-state index is -0.487. The minimum absolute atomic E-state index is 0.196. The monoisotopic (exact) mass is 344 g/mol. The number of ether oxygens (including phenoxy) is 2. The lowest BCUT2D eigenvalue weighted by atomic mass is 9.45. The van der Waals surface area contributed by atoms with Crippen LogP contribution in [-0.4, -0.2) is 23.2 Å². The normalized spacial score (nSPS) is 50.5. The zero-order valence-electron chi connectivity index (χ0n) is 12.9. The molecule has 1 saturated heterocycles. The van der Waals surface area contributed by atoms with E-state index in [9.17, 15) is 4.79 Å². The highest BCUT2D eigenvalue weighted by atomic mass is 79.9. The molecule has 20 heavy (non-hydrogen) atoms. The molecule has 4 heteroatoms. The molecule has 3 aliphatic rings. The number of cyclic esters (lactones) is 1. The van der Waals surface area contributed by atoms with Gasteiger partial charge in [-0.1, -0.05) is 36.7 Å². The second-order valence-corrected chi connectivity index (χ2v) is 9.06. The number of carbonyl (C=O) groups excluding carboxylic acids is 1. The number of carbonyl (C=O) groups is 1. The first kappa shape index (κ1) is 14.7. The van der Waals surface area contributed by atoms with Gasteiger partial charge in [-0.3, -0.25) is 0 Å². The summed E-state index contributed by atoms with van der Waals surface area (Å²) in [4.78, 5) is 12.1. The Labute approximate surface area is 129 Å². The predicted molar refractivity (Wildman–Crippen MR) is 80.9 cm³/mol. The summed E-state index contributed by atoms with van der Waals surface area (Å²) in [5.41, 5.74) is 0.132. The van der Waals surface area contributed by atoms with Gasteiger partial charge in [0.25, 0.3) is 0 Å². The average Bonchev–Trinajstić information content (AvgIpc) is 2.33. The maximum absolute atomic E-state index is 11.5. The van der Waals surface area contributed by atoms with Crippen molar-refractivity contribution >= 4 is 22.1 Å². The van der Waals surface area contributed by atoms with Crippen LogP contribution in [0.1, 0.15) is 53.4 Å². The van der Waals surface area contributed by atoms with Gasteiger partial charge in [-0.15, -0.1) is 0 Å². The standard InChI is InChI=1S/C16H25BrO3/c1-14(2)10-5-8-16(4)11(9-19-13(18)20-16)15(10,3)7-6-12(14)17/h10-12H,5-9H2,1-4H3/t10-,11-,12+,15+,16-/m1/s1. The fourth-order valence-electron chi connectivity index (χ4n) is 5.33. The molecule has 0 spiro atoms. The molecule has 0 unspecified atom stereocenters. The lowest BCUT2D eigenvalue weighted by Gasteiger charge is -2.63. The predicted octanol–water partition coefficient (Wildman–Crippen LogP) is 4.53. The molecule has 0 amide bonds. The maximum atomic E-state index is 11.5. The van der Waals surface area contributed by atoms with Crippen LogP contribution < -0.4 is 0 Å². The lowest BCUT2D eigenvalue weighted by molar-refractivity contribution is -0.213. The van der Waals surface area contributed by atoms with E-state index in [1.165, 1.54) is 12.8 Å². The highest BCUT2D eigenvalue weighted by molar-refractivity contribution is 9.09. The summed E-state index contributed by atoms with van der Waals surface area (Å²) in [6, 6.07) is 0. The highest BCUT2D eigenvalue weighted by Crippen LogP contribution is 2.64. The molecule has 3 rings (SSSR count). The molecule has 3 fully saturated rings. The first-order valence-electron chi connectivity index (χ1n) is 7.70. The Bertz CT molecular complexity index is 435. The van der Waals surface area contributed by atoms with Gasteiger partial charge in [0.05, 0.1) is 0 Å². The Hall–Kier alpha value is -0.250. The van der Waals surface area contributed by atoms with Gasteiger partial charge in [-0.25, -0.2) is 4.79 Å². The second-order valence-electron chi connectivity index (χ2n) is 7.95. The molecular weight excluding hydrogens is 320 g/mol. The SMILES string of the molecule is CC1(C)[C@H]2CC[C@@]3(C)OC(=O)OC[C@@H]3[C@@]2(C)CC[C@@H]1Br. The number of hydrogen-bond acceptors (Lipinski definition) is 3. The van der Waals surface area contributed by atoms with Crippen molar-refractivity contribution in [2.24, 2.45) is 22.7 Å². The first-order chi connectivity index (χ1) is 9.20. The Morgan fingerprint density at radius 3 is 2.50 bits per heavy atom. The van der Waals surface area contributed by atoms with Crippen LogP contribution in [0.15, 0.2) is 0 Å². The Morgan fingerprint density at radius 2 is 1.80 bits per heavy atom. The van der Waals surface area contributed by atoms with Crippen LogP contribution in [0.4, 0.5) is 4.79 Å². The number of hydrogen-bond donors (Lipinski definition) is 0. The van der Waals surface area contributed by atoms with E-state index in [4.69, 9.17) is 9.47 Å². The van der Waals surface area contributed by atoms with Crippen LogP contribution in [0, 0.1) is 22.7 Å². The van der Waals surface area contributed by atoms with Crippen LogP contribution in [0.2, 0.25) is 0 Å². The maximum Gasteiger partial charge on any atom is 0.508 e. The molecule has 0 radical (unpaired) electrons. The van der Waals surface area contributed by atoms with Gasteiger partial charge in [0.1, 0.15) is 12.2 Å². The third kappa shape index (κ3) is 1.86. The fraction of sp³-hybridized carbons (Fsp3) is 0.938. The molecule has 5 atom stereocenters. The highest BCUT2D eigenvalue weighted by Gasteiger charge is 2.63. The first-order valence-corrected chi connectivity index (χ1v) is 8.61. The van der Waals surface area contributed by atoms with Crippen molar-refractivity contribution in [3.8, 4) is 0 Å². The zero-order valence-corrected chi connectivity index (χ0v) is 14.5. The lowest BCUT2D eigenvalue weighted by Crippen LogP contribution is -2.63. The van der Waals surface area contributed by atoms with Crippen molar-refractivity contribution in [2.45, 2.75) is 63.8 Å². The van der Waals surface area contributed by atoms with E-state index in [0.717, 1.165) is 12.8 Å². The van der Waals surface area contributed by atoms with Crippen LogP contribution in [0.3, 0.4) is 0 Å². The van der Waals surface area contributed by atoms with Crippen molar-refractivity contribution in [1.29, 1.82) is 0 Å². The van der Waals surface area contributed by atoms with Gasteiger partial charge >= 0.3 is 6.16 Å².